The Hall–Kier alpha value is -3.33. The summed E-state index contributed by atoms with van der Waals surface area (Å²) in [6, 6.07) is 24.1. The fourth-order valence-electron chi connectivity index (χ4n) is 3.39. The first kappa shape index (κ1) is 16.2. The molecule has 0 saturated carbocycles. The Bertz CT molecular complexity index is 1080. The van der Waals surface area contributed by atoms with E-state index in [1.54, 1.807) is 12.1 Å². The van der Waals surface area contributed by atoms with Gasteiger partial charge in [-0.25, -0.2) is 4.79 Å². The monoisotopic (exact) mass is 341 g/mol. The average Bonchev–Trinajstić information content (AvgIpc) is 2.98. The molecule has 4 rings (SSSR count). The van der Waals surface area contributed by atoms with Gasteiger partial charge in [0, 0.05) is 16.6 Å². The molecule has 3 nitrogen and oxygen atoms in total. The van der Waals surface area contributed by atoms with Crippen molar-refractivity contribution < 1.29 is 9.90 Å². The number of aryl methyl sites for hydroxylation is 1. The Balaban J connectivity index is 1.67. The van der Waals surface area contributed by atoms with Crippen LogP contribution in [-0.4, -0.2) is 16.1 Å². The van der Waals surface area contributed by atoms with E-state index in [9.17, 15) is 9.90 Å². The van der Waals surface area contributed by atoms with Crippen molar-refractivity contribution in [3.8, 4) is 11.1 Å². The first-order valence-corrected chi connectivity index (χ1v) is 8.60. The first-order chi connectivity index (χ1) is 12.6. The lowest BCUT2D eigenvalue weighted by Gasteiger charge is -2.06. The van der Waals surface area contributed by atoms with Crippen LogP contribution >= 0.6 is 0 Å². The zero-order chi connectivity index (χ0) is 18.1. The van der Waals surface area contributed by atoms with Crippen LogP contribution < -0.4 is 0 Å². The number of hydrogen-bond acceptors (Lipinski definition) is 1. The number of aromatic carboxylic acids is 1. The molecule has 0 fully saturated rings. The molecule has 0 saturated heterocycles. The molecule has 1 aromatic heterocycles. The molecular formula is C23H19NO2. The lowest BCUT2D eigenvalue weighted by atomic mass is 9.98. The van der Waals surface area contributed by atoms with Gasteiger partial charge in [-0.15, -0.1) is 0 Å². The number of carboxylic acid groups (broad SMARTS) is 1. The minimum atomic E-state index is -0.899. The van der Waals surface area contributed by atoms with Crippen LogP contribution in [0.3, 0.4) is 0 Å². The summed E-state index contributed by atoms with van der Waals surface area (Å²) in [6.45, 7) is 2.04. The van der Waals surface area contributed by atoms with Crippen LogP contribution in [0, 0.1) is 6.92 Å². The third-order valence-electron chi connectivity index (χ3n) is 4.81. The topological polar surface area (TPSA) is 53.1 Å². The number of aromatic amines is 1. The van der Waals surface area contributed by atoms with Gasteiger partial charge in [-0.05, 0) is 53.8 Å². The minimum Gasteiger partial charge on any atom is -0.478 e. The predicted molar refractivity (Wildman–Crippen MR) is 105 cm³/mol. The summed E-state index contributed by atoms with van der Waals surface area (Å²) in [5.41, 5.74) is 7.12. The Morgan fingerprint density at radius 2 is 1.62 bits per heavy atom. The van der Waals surface area contributed by atoms with Gasteiger partial charge in [-0.1, -0.05) is 54.6 Å². The Kier molecular flexibility index (Phi) is 4.05. The van der Waals surface area contributed by atoms with Crippen LogP contribution in [0.15, 0.2) is 72.8 Å². The van der Waals surface area contributed by atoms with Gasteiger partial charge in [0.1, 0.15) is 0 Å². The number of aromatic nitrogens is 1. The second kappa shape index (κ2) is 6.52. The summed E-state index contributed by atoms with van der Waals surface area (Å²) in [5.74, 6) is -0.899. The molecule has 0 aliphatic rings. The third kappa shape index (κ3) is 3.00. The molecule has 26 heavy (non-hydrogen) atoms. The maximum absolute atomic E-state index is 11.3. The first-order valence-electron chi connectivity index (χ1n) is 8.60. The number of carbonyl (C=O) groups is 1. The summed E-state index contributed by atoms with van der Waals surface area (Å²) in [4.78, 5) is 14.6. The molecule has 3 aromatic carbocycles. The lowest BCUT2D eigenvalue weighted by molar-refractivity contribution is 0.0697. The van der Waals surface area contributed by atoms with Gasteiger partial charge in [0.15, 0.2) is 0 Å². The lowest BCUT2D eigenvalue weighted by Crippen LogP contribution is -1.95. The molecule has 0 aliphatic carbocycles. The summed E-state index contributed by atoms with van der Waals surface area (Å²) in [5, 5.41) is 10.2. The van der Waals surface area contributed by atoms with Crippen LogP contribution in [0.5, 0.6) is 0 Å². The van der Waals surface area contributed by atoms with E-state index in [1.165, 1.54) is 16.7 Å². The standard InChI is InChI=1S/C23H19NO2/c1-15-20(21-14-19(23(25)26)11-12-22(21)24-15)13-16-7-9-18(10-8-16)17-5-3-2-4-6-17/h2-12,14,24H,13H2,1H3,(H,25,26). The van der Waals surface area contributed by atoms with E-state index in [1.807, 2.05) is 31.2 Å². The van der Waals surface area contributed by atoms with Crippen molar-refractivity contribution in [2.45, 2.75) is 13.3 Å². The number of carboxylic acids is 1. The zero-order valence-electron chi connectivity index (χ0n) is 14.5. The zero-order valence-corrected chi connectivity index (χ0v) is 14.5. The van der Waals surface area contributed by atoms with Crippen LogP contribution in [0.2, 0.25) is 0 Å². The molecule has 4 aromatic rings. The Morgan fingerprint density at radius 1 is 0.923 bits per heavy atom. The highest BCUT2D eigenvalue weighted by atomic mass is 16.4. The normalized spacial score (nSPS) is 11.0. The SMILES string of the molecule is Cc1[nH]c2ccc(C(=O)O)cc2c1Cc1ccc(-c2ccccc2)cc1. The van der Waals surface area contributed by atoms with E-state index in [0.29, 0.717) is 5.56 Å². The number of fused-ring (bicyclic) bond motifs is 1. The van der Waals surface area contributed by atoms with Crippen molar-refractivity contribution in [3.05, 3.63) is 95.2 Å². The molecule has 0 spiro atoms. The van der Waals surface area contributed by atoms with Crippen molar-refractivity contribution in [3.63, 3.8) is 0 Å². The van der Waals surface area contributed by atoms with Gasteiger partial charge in [-0.3, -0.25) is 0 Å². The molecule has 2 N–H and O–H groups in total. The van der Waals surface area contributed by atoms with Crippen LogP contribution in [0.1, 0.15) is 27.2 Å². The summed E-state index contributed by atoms with van der Waals surface area (Å²) < 4.78 is 0. The average molecular weight is 341 g/mol. The predicted octanol–water partition coefficient (Wildman–Crippen LogP) is 5.43. The van der Waals surface area contributed by atoms with Crippen LogP contribution in [-0.2, 0) is 6.42 Å². The van der Waals surface area contributed by atoms with Crippen LogP contribution in [0.4, 0.5) is 0 Å². The molecule has 128 valence electrons. The molecule has 0 aliphatic heterocycles. The summed E-state index contributed by atoms with van der Waals surface area (Å²) in [6.07, 6.45) is 0.768. The molecule has 0 atom stereocenters. The quantitative estimate of drug-likeness (QED) is 0.520. The number of hydrogen-bond donors (Lipinski definition) is 2. The smallest absolute Gasteiger partial charge is 0.335 e. The molecular weight excluding hydrogens is 322 g/mol. The molecule has 0 unspecified atom stereocenters. The molecule has 0 radical (unpaired) electrons. The summed E-state index contributed by atoms with van der Waals surface area (Å²) in [7, 11) is 0. The van der Waals surface area contributed by atoms with Crippen molar-refractivity contribution in [1.29, 1.82) is 0 Å². The van der Waals surface area contributed by atoms with E-state index in [-0.39, 0.29) is 0 Å². The number of nitrogens with one attached hydrogen (secondary N) is 1. The third-order valence-corrected chi connectivity index (χ3v) is 4.81. The highest BCUT2D eigenvalue weighted by molar-refractivity contribution is 5.95. The van der Waals surface area contributed by atoms with Gasteiger partial charge in [0.25, 0.3) is 0 Å². The van der Waals surface area contributed by atoms with Crippen LogP contribution in [0.25, 0.3) is 22.0 Å². The van der Waals surface area contributed by atoms with E-state index < -0.39 is 5.97 Å². The van der Waals surface area contributed by atoms with Gasteiger partial charge in [-0.2, -0.15) is 0 Å². The highest BCUT2D eigenvalue weighted by Gasteiger charge is 2.12. The van der Waals surface area contributed by atoms with Gasteiger partial charge < -0.3 is 10.1 Å². The Morgan fingerprint density at radius 3 is 2.31 bits per heavy atom. The van der Waals surface area contributed by atoms with E-state index in [4.69, 9.17) is 0 Å². The Labute approximate surface area is 151 Å². The van der Waals surface area contributed by atoms with E-state index in [0.717, 1.165) is 28.6 Å². The summed E-state index contributed by atoms with van der Waals surface area (Å²) >= 11 is 0. The fourth-order valence-corrected chi connectivity index (χ4v) is 3.39. The molecule has 0 bridgehead atoms. The van der Waals surface area contributed by atoms with Gasteiger partial charge in [0.05, 0.1) is 5.56 Å². The molecule has 1 heterocycles. The van der Waals surface area contributed by atoms with Gasteiger partial charge >= 0.3 is 5.97 Å². The highest BCUT2D eigenvalue weighted by Crippen LogP contribution is 2.27. The number of benzene rings is 3. The van der Waals surface area contributed by atoms with E-state index in [2.05, 4.69) is 41.4 Å². The second-order valence-electron chi connectivity index (χ2n) is 6.53. The molecule has 3 heteroatoms. The van der Waals surface area contributed by atoms with Crippen molar-refractivity contribution >= 4 is 16.9 Å². The van der Waals surface area contributed by atoms with Gasteiger partial charge in [0.2, 0.25) is 0 Å². The largest absolute Gasteiger partial charge is 0.478 e. The van der Waals surface area contributed by atoms with Crippen molar-refractivity contribution in [2.24, 2.45) is 0 Å². The minimum absolute atomic E-state index is 0.317. The second-order valence-corrected chi connectivity index (χ2v) is 6.53. The number of H-pyrrole nitrogens is 1. The van der Waals surface area contributed by atoms with Crippen molar-refractivity contribution in [1.82, 2.24) is 4.98 Å². The molecule has 0 amide bonds. The van der Waals surface area contributed by atoms with Crippen molar-refractivity contribution in [2.75, 3.05) is 0 Å². The fraction of sp³-hybridized carbons (Fsp3) is 0.0870. The maximum atomic E-state index is 11.3. The maximum Gasteiger partial charge on any atom is 0.335 e. The van der Waals surface area contributed by atoms with E-state index >= 15 is 0 Å². The number of rotatable bonds is 4.